The van der Waals surface area contributed by atoms with Crippen LogP contribution in [0.2, 0.25) is 0 Å². The predicted molar refractivity (Wildman–Crippen MR) is 39.6 cm³/mol. The van der Waals surface area contributed by atoms with Crippen LogP contribution in [0.1, 0.15) is 32.1 Å². The Hall–Kier alpha value is -0.330. The minimum Gasteiger partial charge on any atom is -0.303 e. The van der Waals surface area contributed by atoms with Crippen molar-refractivity contribution in [3.63, 3.8) is 0 Å². The van der Waals surface area contributed by atoms with Gasteiger partial charge in [0.15, 0.2) is 0 Å². The Morgan fingerprint density at radius 3 is 2.20 bits per heavy atom. The maximum Gasteiger partial charge on any atom is 0.123 e. The van der Waals surface area contributed by atoms with Crippen LogP contribution in [0.15, 0.2) is 0 Å². The highest BCUT2D eigenvalue weighted by molar-refractivity contribution is 5.54. The van der Waals surface area contributed by atoms with E-state index in [1.165, 1.54) is 38.4 Å². The van der Waals surface area contributed by atoms with Gasteiger partial charge in [0, 0.05) is 5.92 Å². The van der Waals surface area contributed by atoms with Crippen LogP contribution in [0.3, 0.4) is 0 Å². The fourth-order valence-corrected chi connectivity index (χ4v) is 2.72. The van der Waals surface area contributed by atoms with Gasteiger partial charge in [0.2, 0.25) is 0 Å². The first-order valence-electron chi connectivity index (χ1n) is 4.35. The van der Waals surface area contributed by atoms with Gasteiger partial charge in [-0.25, -0.2) is 0 Å². The molecule has 2 saturated carbocycles. The summed E-state index contributed by atoms with van der Waals surface area (Å²) in [6.07, 6.45) is 7.78. The van der Waals surface area contributed by atoms with Crippen LogP contribution < -0.4 is 0 Å². The van der Waals surface area contributed by atoms with Crippen molar-refractivity contribution < 1.29 is 4.79 Å². The Bertz CT molecular complexity index is 130. The Balaban J connectivity index is 1.99. The van der Waals surface area contributed by atoms with E-state index in [4.69, 9.17) is 0 Å². The molecule has 0 aromatic heterocycles. The lowest BCUT2D eigenvalue weighted by Gasteiger charge is -2.04. The van der Waals surface area contributed by atoms with Gasteiger partial charge in [-0.2, -0.15) is 0 Å². The average molecular weight is 138 g/mol. The molecule has 2 fully saturated rings. The zero-order chi connectivity index (χ0) is 6.97. The van der Waals surface area contributed by atoms with Crippen molar-refractivity contribution in [2.45, 2.75) is 32.1 Å². The number of aldehydes is 1. The van der Waals surface area contributed by atoms with Gasteiger partial charge >= 0.3 is 0 Å². The summed E-state index contributed by atoms with van der Waals surface area (Å²) in [5.74, 6) is 2.28. The molecule has 0 N–H and O–H groups in total. The molecule has 1 nitrogen and oxygen atoms in total. The third-order valence-corrected chi connectivity index (χ3v) is 3.22. The quantitative estimate of drug-likeness (QED) is 0.506. The van der Waals surface area contributed by atoms with E-state index in [0.717, 1.165) is 11.8 Å². The van der Waals surface area contributed by atoms with Crippen molar-refractivity contribution in [3.8, 4) is 0 Å². The molecule has 2 aliphatic rings. The number of carbonyl (C=O) groups is 1. The number of hydrogen-bond donors (Lipinski definition) is 0. The second kappa shape index (κ2) is 2.37. The van der Waals surface area contributed by atoms with Gasteiger partial charge < -0.3 is 4.79 Å². The van der Waals surface area contributed by atoms with Gasteiger partial charge in [0.25, 0.3) is 0 Å². The van der Waals surface area contributed by atoms with Gasteiger partial charge in [-0.15, -0.1) is 0 Å². The van der Waals surface area contributed by atoms with Crippen LogP contribution in [-0.4, -0.2) is 6.29 Å². The van der Waals surface area contributed by atoms with Crippen molar-refractivity contribution in [1.82, 2.24) is 0 Å². The van der Waals surface area contributed by atoms with Crippen molar-refractivity contribution in [1.29, 1.82) is 0 Å². The average Bonchev–Trinajstić information content (AvgIpc) is 2.42. The molecule has 0 radical (unpaired) electrons. The van der Waals surface area contributed by atoms with Crippen LogP contribution in [0.25, 0.3) is 0 Å². The first kappa shape index (κ1) is 6.38. The Morgan fingerprint density at radius 1 is 1.10 bits per heavy atom. The molecule has 2 atom stereocenters. The molecule has 10 heavy (non-hydrogen) atoms. The molecule has 1 heteroatoms. The zero-order valence-electron chi connectivity index (χ0n) is 6.25. The minimum atomic E-state index is 0.426. The van der Waals surface area contributed by atoms with Gasteiger partial charge in [-0.1, -0.05) is 19.3 Å². The molecule has 0 aliphatic heterocycles. The standard InChI is InChI=1S/C9H14O/c10-6-7-4-8-2-1-3-9(8)5-7/h6-9H,1-5H2. The highest BCUT2D eigenvalue weighted by Gasteiger charge is 2.36. The van der Waals surface area contributed by atoms with Crippen molar-refractivity contribution in [3.05, 3.63) is 0 Å². The molecule has 0 heterocycles. The smallest absolute Gasteiger partial charge is 0.123 e. The SMILES string of the molecule is O=CC1CC2CCCC2C1. The summed E-state index contributed by atoms with van der Waals surface area (Å²) in [5.41, 5.74) is 0. The Morgan fingerprint density at radius 2 is 1.70 bits per heavy atom. The fraction of sp³-hybridized carbons (Fsp3) is 0.889. The summed E-state index contributed by atoms with van der Waals surface area (Å²) < 4.78 is 0. The van der Waals surface area contributed by atoms with Crippen LogP contribution in [-0.2, 0) is 4.79 Å². The summed E-state index contributed by atoms with van der Waals surface area (Å²) in [5, 5.41) is 0. The topological polar surface area (TPSA) is 17.1 Å². The maximum absolute atomic E-state index is 10.4. The summed E-state index contributed by atoms with van der Waals surface area (Å²) in [6.45, 7) is 0. The molecule has 0 saturated heterocycles. The third kappa shape index (κ3) is 0.882. The monoisotopic (exact) mass is 138 g/mol. The molecule has 2 unspecified atom stereocenters. The van der Waals surface area contributed by atoms with Gasteiger partial charge in [0.05, 0.1) is 0 Å². The van der Waals surface area contributed by atoms with E-state index in [1.807, 2.05) is 0 Å². The summed E-state index contributed by atoms with van der Waals surface area (Å²) in [4.78, 5) is 10.4. The molecule has 0 spiro atoms. The molecule has 2 rings (SSSR count). The predicted octanol–water partition coefficient (Wildman–Crippen LogP) is 2.01. The maximum atomic E-state index is 10.4. The third-order valence-electron chi connectivity index (χ3n) is 3.22. The lowest BCUT2D eigenvalue weighted by atomic mass is 10.0. The lowest BCUT2D eigenvalue weighted by molar-refractivity contribution is -0.111. The molecule has 0 aromatic carbocycles. The molecule has 0 amide bonds. The zero-order valence-corrected chi connectivity index (χ0v) is 6.25. The number of hydrogen-bond acceptors (Lipinski definition) is 1. The van der Waals surface area contributed by atoms with E-state index in [9.17, 15) is 4.79 Å². The molecular formula is C9H14O. The number of fused-ring (bicyclic) bond motifs is 1. The summed E-state index contributed by atoms with van der Waals surface area (Å²) >= 11 is 0. The van der Waals surface area contributed by atoms with E-state index in [-0.39, 0.29) is 0 Å². The lowest BCUT2D eigenvalue weighted by Crippen LogP contribution is -1.95. The van der Waals surface area contributed by atoms with Crippen LogP contribution in [0.4, 0.5) is 0 Å². The Kier molecular flexibility index (Phi) is 1.51. The van der Waals surface area contributed by atoms with Crippen LogP contribution in [0.5, 0.6) is 0 Å². The van der Waals surface area contributed by atoms with E-state index in [1.54, 1.807) is 0 Å². The van der Waals surface area contributed by atoms with Crippen molar-refractivity contribution in [2.75, 3.05) is 0 Å². The molecule has 0 bridgehead atoms. The van der Waals surface area contributed by atoms with Gasteiger partial charge in [0.1, 0.15) is 6.29 Å². The van der Waals surface area contributed by atoms with Crippen LogP contribution in [0, 0.1) is 17.8 Å². The highest BCUT2D eigenvalue weighted by atomic mass is 16.1. The van der Waals surface area contributed by atoms with E-state index >= 15 is 0 Å². The second-order valence-corrected chi connectivity index (χ2v) is 3.82. The highest BCUT2D eigenvalue weighted by Crippen LogP contribution is 2.45. The van der Waals surface area contributed by atoms with Crippen LogP contribution >= 0.6 is 0 Å². The fourth-order valence-electron chi connectivity index (χ4n) is 2.72. The normalized spacial score (nSPS) is 45.4. The van der Waals surface area contributed by atoms with Crippen molar-refractivity contribution in [2.24, 2.45) is 17.8 Å². The molecule has 56 valence electrons. The van der Waals surface area contributed by atoms with Gasteiger partial charge in [-0.05, 0) is 24.7 Å². The van der Waals surface area contributed by atoms with Gasteiger partial charge in [-0.3, -0.25) is 0 Å². The summed E-state index contributed by atoms with van der Waals surface area (Å²) in [7, 11) is 0. The number of rotatable bonds is 1. The Labute approximate surface area is 61.8 Å². The largest absolute Gasteiger partial charge is 0.303 e. The van der Waals surface area contributed by atoms with E-state index in [0.29, 0.717) is 5.92 Å². The summed E-state index contributed by atoms with van der Waals surface area (Å²) in [6, 6.07) is 0. The first-order valence-corrected chi connectivity index (χ1v) is 4.35. The molecule has 2 aliphatic carbocycles. The van der Waals surface area contributed by atoms with E-state index < -0.39 is 0 Å². The number of carbonyl (C=O) groups excluding carboxylic acids is 1. The minimum absolute atomic E-state index is 0.426. The first-order chi connectivity index (χ1) is 4.90. The second-order valence-electron chi connectivity index (χ2n) is 3.82. The van der Waals surface area contributed by atoms with Crippen molar-refractivity contribution >= 4 is 6.29 Å². The molecule has 0 aromatic rings. The molecular weight excluding hydrogens is 124 g/mol. The van der Waals surface area contributed by atoms with E-state index in [2.05, 4.69) is 0 Å².